The van der Waals surface area contributed by atoms with Gasteiger partial charge in [0.2, 0.25) is 5.91 Å². The zero-order valence-electron chi connectivity index (χ0n) is 13.1. The minimum atomic E-state index is -0.768. The average molecular weight is 295 g/mol. The molecular weight excluding hydrogens is 270 g/mol. The summed E-state index contributed by atoms with van der Waals surface area (Å²) >= 11 is 0. The van der Waals surface area contributed by atoms with Crippen LogP contribution in [0.3, 0.4) is 0 Å². The normalized spacial score (nSPS) is 12.1. The van der Waals surface area contributed by atoms with E-state index in [0.717, 1.165) is 17.8 Å². The summed E-state index contributed by atoms with van der Waals surface area (Å²) in [7, 11) is 0. The maximum absolute atomic E-state index is 11.7. The van der Waals surface area contributed by atoms with Crippen LogP contribution in [-0.4, -0.2) is 33.3 Å². The van der Waals surface area contributed by atoms with E-state index < -0.39 is 5.97 Å². The van der Waals surface area contributed by atoms with Crippen LogP contribution in [0.15, 0.2) is 6.07 Å². The molecule has 0 fully saturated rings. The number of carbonyl (C=O) groups excluding carboxylic acids is 1. The highest BCUT2D eigenvalue weighted by atomic mass is 16.4. The summed E-state index contributed by atoms with van der Waals surface area (Å²) in [6, 6.07) is 1.99. The van der Waals surface area contributed by atoms with Crippen molar-refractivity contribution < 1.29 is 14.7 Å². The number of amides is 1. The SMILES string of the molecule is Cc1cc(C)n(CCC(=O)NCCC(C)CCC(=O)O)n1. The van der Waals surface area contributed by atoms with Gasteiger partial charge < -0.3 is 10.4 Å². The Morgan fingerprint density at radius 3 is 2.62 bits per heavy atom. The van der Waals surface area contributed by atoms with Crippen LogP contribution in [0.1, 0.15) is 44.0 Å². The molecule has 1 rings (SSSR count). The van der Waals surface area contributed by atoms with Crippen molar-refractivity contribution in [3.8, 4) is 0 Å². The summed E-state index contributed by atoms with van der Waals surface area (Å²) in [4.78, 5) is 22.2. The number of nitrogens with one attached hydrogen (secondary N) is 1. The van der Waals surface area contributed by atoms with Gasteiger partial charge in [0.05, 0.1) is 5.69 Å². The van der Waals surface area contributed by atoms with Crippen molar-refractivity contribution in [2.24, 2.45) is 5.92 Å². The molecule has 1 aromatic heterocycles. The number of nitrogens with zero attached hydrogens (tertiary/aromatic N) is 2. The van der Waals surface area contributed by atoms with Gasteiger partial charge in [-0.2, -0.15) is 5.10 Å². The van der Waals surface area contributed by atoms with Crippen LogP contribution in [-0.2, 0) is 16.1 Å². The molecule has 0 radical (unpaired) electrons. The Morgan fingerprint density at radius 1 is 1.33 bits per heavy atom. The molecule has 0 aliphatic rings. The Balaban J connectivity index is 2.17. The number of carboxylic acid groups (broad SMARTS) is 1. The highest BCUT2D eigenvalue weighted by Crippen LogP contribution is 2.09. The molecule has 6 nitrogen and oxygen atoms in total. The number of hydrogen-bond acceptors (Lipinski definition) is 3. The van der Waals surface area contributed by atoms with Crippen LogP contribution < -0.4 is 5.32 Å². The molecule has 118 valence electrons. The quantitative estimate of drug-likeness (QED) is 0.728. The van der Waals surface area contributed by atoms with Crippen LogP contribution in [0.2, 0.25) is 0 Å². The second-order valence-electron chi connectivity index (χ2n) is 5.58. The first kappa shape index (κ1) is 17.2. The van der Waals surface area contributed by atoms with Crippen molar-refractivity contribution >= 4 is 11.9 Å². The van der Waals surface area contributed by atoms with Gasteiger partial charge in [-0.05, 0) is 38.7 Å². The smallest absolute Gasteiger partial charge is 0.303 e. The van der Waals surface area contributed by atoms with Gasteiger partial charge in [-0.15, -0.1) is 0 Å². The predicted octanol–water partition coefficient (Wildman–Crippen LogP) is 1.90. The molecule has 1 unspecified atom stereocenters. The third-order valence-corrected chi connectivity index (χ3v) is 3.46. The number of carbonyl (C=O) groups is 2. The van der Waals surface area contributed by atoms with E-state index in [9.17, 15) is 9.59 Å². The van der Waals surface area contributed by atoms with Gasteiger partial charge in [0.1, 0.15) is 0 Å². The number of rotatable bonds is 9. The minimum Gasteiger partial charge on any atom is -0.481 e. The van der Waals surface area contributed by atoms with Crippen LogP contribution in [0.4, 0.5) is 0 Å². The lowest BCUT2D eigenvalue weighted by atomic mass is 10.0. The number of hydrogen-bond donors (Lipinski definition) is 2. The van der Waals surface area contributed by atoms with E-state index in [2.05, 4.69) is 10.4 Å². The molecule has 0 saturated carbocycles. The maximum Gasteiger partial charge on any atom is 0.303 e. The fourth-order valence-electron chi connectivity index (χ4n) is 2.17. The van der Waals surface area contributed by atoms with Crippen molar-refractivity contribution in [2.45, 2.75) is 53.0 Å². The Bertz CT molecular complexity index is 483. The first-order chi connectivity index (χ1) is 9.88. The summed E-state index contributed by atoms with van der Waals surface area (Å²) in [6.45, 7) is 7.09. The zero-order valence-corrected chi connectivity index (χ0v) is 13.1. The molecule has 0 spiro atoms. The summed E-state index contributed by atoms with van der Waals surface area (Å²) in [5, 5.41) is 15.8. The Morgan fingerprint density at radius 2 is 2.05 bits per heavy atom. The van der Waals surface area contributed by atoms with Crippen LogP contribution >= 0.6 is 0 Å². The molecule has 0 bridgehead atoms. The summed E-state index contributed by atoms with van der Waals surface area (Å²) in [5.41, 5.74) is 2.02. The lowest BCUT2D eigenvalue weighted by molar-refractivity contribution is -0.137. The van der Waals surface area contributed by atoms with Crippen LogP contribution in [0.5, 0.6) is 0 Å². The third-order valence-electron chi connectivity index (χ3n) is 3.46. The van der Waals surface area contributed by atoms with Crippen molar-refractivity contribution in [3.63, 3.8) is 0 Å². The van der Waals surface area contributed by atoms with Gasteiger partial charge in [0.25, 0.3) is 0 Å². The Hall–Kier alpha value is -1.85. The van der Waals surface area contributed by atoms with Gasteiger partial charge in [0, 0.05) is 31.6 Å². The molecule has 1 aromatic rings. The predicted molar refractivity (Wildman–Crippen MR) is 80.0 cm³/mol. The van der Waals surface area contributed by atoms with Gasteiger partial charge in [-0.3, -0.25) is 14.3 Å². The lowest BCUT2D eigenvalue weighted by Gasteiger charge is -2.11. The van der Waals surface area contributed by atoms with E-state index in [1.165, 1.54) is 0 Å². The second kappa shape index (κ2) is 8.44. The molecule has 0 aliphatic carbocycles. The van der Waals surface area contributed by atoms with Crippen molar-refractivity contribution in [2.75, 3.05) is 6.54 Å². The van der Waals surface area contributed by atoms with Gasteiger partial charge in [-0.25, -0.2) is 0 Å². The van der Waals surface area contributed by atoms with E-state index in [0.29, 0.717) is 31.8 Å². The molecule has 0 saturated heterocycles. The summed E-state index contributed by atoms with van der Waals surface area (Å²) in [5.74, 6) is -0.457. The number of carboxylic acids is 1. The van der Waals surface area contributed by atoms with Gasteiger partial charge in [-0.1, -0.05) is 6.92 Å². The fourth-order valence-corrected chi connectivity index (χ4v) is 2.17. The van der Waals surface area contributed by atoms with Crippen LogP contribution in [0.25, 0.3) is 0 Å². The largest absolute Gasteiger partial charge is 0.481 e. The second-order valence-corrected chi connectivity index (χ2v) is 5.58. The fraction of sp³-hybridized carbons (Fsp3) is 0.667. The molecule has 2 N–H and O–H groups in total. The molecule has 21 heavy (non-hydrogen) atoms. The zero-order chi connectivity index (χ0) is 15.8. The Labute approximate surface area is 125 Å². The molecule has 0 aliphatic heterocycles. The molecular formula is C15H25N3O3. The topological polar surface area (TPSA) is 84.2 Å². The van der Waals surface area contributed by atoms with Crippen LogP contribution in [0, 0.1) is 19.8 Å². The third kappa shape index (κ3) is 6.92. The first-order valence-electron chi connectivity index (χ1n) is 7.38. The monoisotopic (exact) mass is 295 g/mol. The average Bonchev–Trinajstić information content (AvgIpc) is 2.72. The van der Waals surface area contributed by atoms with Crippen molar-refractivity contribution in [1.29, 1.82) is 0 Å². The van der Waals surface area contributed by atoms with E-state index in [-0.39, 0.29) is 12.3 Å². The van der Waals surface area contributed by atoms with E-state index in [1.54, 1.807) is 0 Å². The van der Waals surface area contributed by atoms with E-state index in [1.807, 2.05) is 31.5 Å². The maximum atomic E-state index is 11.7. The molecule has 6 heteroatoms. The first-order valence-corrected chi connectivity index (χ1v) is 7.38. The van der Waals surface area contributed by atoms with Crippen molar-refractivity contribution in [1.82, 2.24) is 15.1 Å². The molecule has 1 amide bonds. The number of aryl methyl sites for hydroxylation is 3. The summed E-state index contributed by atoms with van der Waals surface area (Å²) < 4.78 is 1.84. The van der Waals surface area contributed by atoms with Gasteiger partial charge >= 0.3 is 5.97 Å². The van der Waals surface area contributed by atoms with Gasteiger partial charge in [0.15, 0.2) is 0 Å². The highest BCUT2D eigenvalue weighted by molar-refractivity contribution is 5.75. The molecule has 0 aromatic carbocycles. The number of aliphatic carboxylic acids is 1. The highest BCUT2D eigenvalue weighted by Gasteiger charge is 2.08. The van der Waals surface area contributed by atoms with E-state index in [4.69, 9.17) is 5.11 Å². The molecule has 1 heterocycles. The standard InChI is InChI=1S/C15H25N3O3/c1-11(4-5-15(20)21)6-8-16-14(19)7-9-18-13(3)10-12(2)17-18/h10-11H,4-9H2,1-3H3,(H,16,19)(H,20,21). The van der Waals surface area contributed by atoms with Crippen molar-refractivity contribution in [3.05, 3.63) is 17.5 Å². The lowest BCUT2D eigenvalue weighted by Crippen LogP contribution is -2.26. The Kier molecular flexibility index (Phi) is 6.91. The van der Waals surface area contributed by atoms with E-state index >= 15 is 0 Å². The molecule has 1 atom stereocenters. The number of aromatic nitrogens is 2. The minimum absolute atomic E-state index is 0.00740. The summed E-state index contributed by atoms with van der Waals surface area (Å²) in [6.07, 6.45) is 2.05.